The van der Waals surface area contributed by atoms with E-state index in [4.69, 9.17) is 4.74 Å². The first-order chi connectivity index (χ1) is 15.5. The van der Waals surface area contributed by atoms with Gasteiger partial charge >= 0.3 is 6.01 Å². The number of carbonyl (C=O) groups is 1. The van der Waals surface area contributed by atoms with Crippen LogP contribution in [-0.2, 0) is 0 Å². The Morgan fingerprint density at radius 1 is 1.06 bits per heavy atom. The molecule has 0 fully saturated rings. The molecule has 1 amide bonds. The zero-order valence-corrected chi connectivity index (χ0v) is 17.4. The van der Waals surface area contributed by atoms with Gasteiger partial charge in [0.05, 0.1) is 17.7 Å². The average Bonchev–Trinajstić information content (AvgIpc) is 3.24. The number of carbonyl (C=O) groups excluding carboxylic acids is 1. The molecule has 32 heavy (non-hydrogen) atoms. The van der Waals surface area contributed by atoms with E-state index in [9.17, 15) is 14.9 Å². The van der Waals surface area contributed by atoms with Crippen molar-refractivity contribution in [3.8, 4) is 23.1 Å². The number of benzene rings is 3. The van der Waals surface area contributed by atoms with Gasteiger partial charge in [-0.1, -0.05) is 30.3 Å². The van der Waals surface area contributed by atoms with Gasteiger partial charge in [0.15, 0.2) is 5.82 Å². The highest BCUT2D eigenvalue weighted by Gasteiger charge is 2.16. The number of nitro groups is 1. The molecular formula is C23H19N5O4. The molecule has 0 saturated carbocycles. The van der Waals surface area contributed by atoms with Crippen molar-refractivity contribution in [2.24, 2.45) is 0 Å². The highest BCUT2D eigenvalue weighted by atomic mass is 16.6. The number of nitrogens with one attached hydrogen (secondary N) is 1. The fourth-order valence-corrected chi connectivity index (χ4v) is 3.21. The second kappa shape index (κ2) is 8.68. The quantitative estimate of drug-likeness (QED) is 0.359. The van der Waals surface area contributed by atoms with Crippen LogP contribution in [0.25, 0.3) is 17.1 Å². The van der Waals surface area contributed by atoms with Crippen LogP contribution in [0.1, 0.15) is 15.9 Å². The van der Waals surface area contributed by atoms with Gasteiger partial charge in [0, 0.05) is 28.9 Å². The Bertz CT molecular complexity index is 1300. The Morgan fingerprint density at radius 3 is 2.50 bits per heavy atom. The molecule has 0 aliphatic heterocycles. The summed E-state index contributed by atoms with van der Waals surface area (Å²) in [6, 6.07) is 20.7. The summed E-state index contributed by atoms with van der Waals surface area (Å²) in [5.74, 6) is 0.192. The lowest BCUT2D eigenvalue weighted by Crippen LogP contribution is -2.12. The second-order valence-corrected chi connectivity index (χ2v) is 6.96. The van der Waals surface area contributed by atoms with Crippen molar-refractivity contribution < 1.29 is 14.5 Å². The number of rotatable bonds is 6. The number of amides is 1. The van der Waals surface area contributed by atoms with Crippen LogP contribution in [0, 0.1) is 17.0 Å². The SMILES string of the molecule is COc1nc(-c2ccccc2C)n(-c2ccc(NC(=O)c3cccc([N+](=O)[O-])c3)cc2)n1. The van der Waals surface area contributed by atoms with Crippen LogP contribution in [0.5, 0.6) is 6.01 Å². The van der Waals surface area contributed by atoms with Gasteiger partial charge in [-0.15, -0.1) is 5.10 Å². The summed E-state index contributed by atoms with van der Waals surface area (Å²) in [4.78, 5) is 27.4. The number of anilines is 1. The standard InChI is InChI=1S/C23H19N5O4/c1-15-6-3-4-9-20(15)21-25-23(32-2)26-27(21)18-12-10-17(11-13-18)24-22(29)16-7-5-8-19(14-16)28(30)31/h3-14H,1-2H3,(H,24,29). The third kappa shape index (κ3) is 4.17. The summed E-state index contributed by atoms with van der Waals surface area (Å²) in [5, 5.41) is 18.1. The predicted molar refractivity (Wildman–Crippen MR) is 119 cm³/mol. The third-order valence-corrected chi connectivity index (χ3v) is 4.85. The number of hydrogen-bond donors (Lipinski definition) is 1. The van der Waals surface area contributed by atoms with E-state index in [-0.39, 0.29) is 17.3 Å². The summed E-state index contributed by atoms with van der Waals surface area (Å²) in [6.07, 6.45) is 0. The summed E-state index contributed by atoms with van der Waals surface area (Å²) in [5.41, 5.74) is 3.29. The summed E-state index contributed by atoms with van der Waals surface area (Å²) >= 11 is 0. The molecule has 0 aliphatic rings. The average molecular weight is 429 g/mol. The van der Waals surface area contributed by atoms with Crippen molar-refractivity contribution in [3.63, 3.8) is 0 Å². The monoisotopic (exact) mass is 429 g/mol. The van der Waals surface area contributed by atoms with Crippen molar-refractivity contribution in [2.45, 2.75) is 6.92 Å². The van der Waals surface area contributed by atoms with Crippen LogP contribution >= 0.6 is 0 Å². The number of nitrogens with zero attached hydrogens (tertiary/aromatic N) is 4. The number of aryl methyl sites for hydroxylation is 1. The van der Waals surface area contributed by atoms with E-state index in [2.05, 4.69) is 15.4 Å². The molecule has 1 aromatic heterocycles. The van der Waals surface area contributed by atoms with Gasteiger partial charge in [-0.05, 0) is 42.8 Å². The normalized spacial score (nSPS) is 10.6. The Labute approximate surface area is 183 Å². The van der Waals surface area contributed by atoms with E-state index in [0.29, 0.717) is 11.5 Å². The second-order valence-electron chi connectivity index (χ2n) is 6.96. The number of hydrogen-bond acceptors (Lipinski definition) is 6. The van der Waals surface area contributed by atoms with Crippen LogP contribution in [0.2, 0.25) is 0 Å². The molecule has 0 saturated heterocycles. The molecule has 9 nitrogen and oxygen atoms in total. The van der Waals surface area contributed by atoms with Crippen LogP contribution < -0.4 is 10.1 Å². The van der Waals surface area contributed by atoms with E-state index in [1.165, 1.54) is 31.4 Å². The molecule has 3 aromatic carbocycles. The minimum Gasteiger partial charge on any atom is -0.466 e. The molecule has 0 radical (unpaired) electrons. The molecule has 1 N–H and O–H groups in total. The topological polar surface area (TPSA) is 112 Å². The van der Waals surface area contributed by atoms with Gasteiger partial charge in [0.2, 0.25) is 0 Å². The summed E-state index contributed by atoms with van der Waals surface area (Å²) < 4.78 is 6.90. The smallest absolute Gasteiger partial charge is 0.336 e. The Kier molecular flexibility index (Phi) is 5.63. The van der Waals surface area contributed by atoms with Crippen molar-refractivity contribution >= 4 is 17.3 Å². The molecule has 9 heteroatoms. The van der Waals surface area contributed by atoms with Gasteiger partial charge < -0.3 is 10.1 Å². The summed E-state index contributed by atoms with van der Waals surface area (Å²) in [7, 11) is 1.51. The molecule has 4 aromatic rings. The van der Waals surface area contributed by atoms with Gasteiger partial charge in [0.1, 0.15) is 0 Å². The maximum absolute atomic E-state index is 12.5. The molecule has 4 rings (SSSR count). The van der Waals surface area contributed by atoms with Crippen LogP contribution in [0.3, 0.4) is 0 Å². The molecule has 0 aliphatic carbocycles. The van der Waals surface area contributed by atoms with E-state index < -0.39 is 10.8 Å². The first kappa shape index (κ1) is 20.7. The number of nitro benzene ring substituents is 1. The van der Waals surface area contributed by atoms with Crippen molar-refractivity contribution in [2.75, 3.05) is 12.4 Å². The Hall–Kier alpha value is -4.53. The van der Waals surface area contributed by atoms with Crippen LogP contribution in [0.15, 0.2) is 72.8 Å². The van der Waals surface area contributed by atoms with Gasteiger partial charge in [-0.2, -0.15) is 4.98 Å². The molecular weight excluding hydrogens is 410 g/mol. The molecule has 0 atom stereocenters. The van der Waals surface area contributed by atoms with Gasteiger partial charge in [0.25, 0.3) is 11.6 Å². The Morgan fingerprint density at radius 2 is 1.81 bits per heavy atom. The zero-order valence-electron chi connectivity index (χ0n) is 17.4. The predicted octanol–water partition coefficient (Wildman–Crippen LogP) is 4.41. The van der Waals surface area contributed by atoms with Gasteiger partial charge in [-0.25, -0.2) is 4.68 Å². The molecule has 1 heterocycles. The largest absolute Gasteiger partial charge is 0.466 e. The molecule has 0 spiro atoms. The van der Waals surface area contributed by atoms with E-state index in [1.54, 1.807) is 28.9 Å². The first-order valence-electron chi connectivity index (χ1n) is 9.69. The number of methoxy groups -OCH3 is 1. The van der Waals surface area contributed by atoms with Crippen LogP contribution in [0.4, 0.5) is 11.4 Å². The van der Waals surface area contributed by atoms with Crippen molar-refractivity contribution in [3.05, 3.63) is 94.0 Å². The number of aromatic nitrogens is 3. The lowest BCUT2D eigenvalue weighted by atomic mass is 10.1. The number of ether oxygens (including phenoxy) is 1. The maximum atomic E-state index is 12.5. The van der Waals surface area contributed by atoms with Crippen LogP contribution in [-0.4, -0.2) is 32.7 Å². The minimum atomic E-state index is -0.538. The lowest BCUT2D eigenvalue weighted by molar-refractivity contribution is -0.384. The minimum absolute atomic E-state index is 0.142. The third-order valence-electron chi connectivity index (χ3n) is 4.85. The molecule has 0 bridgehead atoms. The maximum Gasteiger partial charge on any atom is 0.336 e. The first-order valence-corrected chi connectivity index (χ1v) is 9.69. The van der Waals surface area contributed by atoms with Crippen molar-refractivity contribution in [1.29, 1.82) is 0 Å². The van der Waals surface area contributed by atoms with E-state index in [0.717, 1.165) is 16.8 Å². The van der Waals surface area contributed by atoms with E-state index in [1.807, 2.05) is 31.2 Å². The fourth-order valence-electron chi connectivity index (χ4n) is 3.21. The number of non-ortho nitro benzene ring substituents is 1. The van der Waals surface area contributed by atoms with Gasteiger partial charge in [-0.3, -0.25) is 14.9 Å². The fraction of sp³-hybridized carbons (Fsp3) is 0.0870. The molecule has 160 valence electrons. The highest BCUT2D eigenvalue weighted by Crippen LogP contribution is 2.27. The van der Waals surface area contributed by atoms with E-state index >= 15 is 0 Å². The zero-order chi connectivity index (χ0) is 22.7. The highest BCUT2D eigenvalue weighted by molar-refractivity contribution is 6.04. The Balaban J connectivity index is 1.60. The molecule has 0 unspecified atom stereocenters. The lowest BCUT2D eigenvalue weighted by Gasteiger charge is -2.09. The van der Waals surface area contributed by atoms with Crippen molar-refractivity contribution in [1.82, 2.24) is 14.8 Å². The summed E-state index contributed by atoms with van der Waals surface area (Å²) in [6.45, 7) is 1.99.